The van der Waals surface area contributed by atoms with Gasteiger partial charge in [-0.05, 0) is 31.2 Å². The Balaban J connectivity index is 1.66. The van der Waals surface area contributed by atoms with Crippen LogP contribution in [0, 0.1) is 0 Å². The molecule has 0 atom stereocenters. The predicted octanol–water partition coefficient (Wildman–Crippen LogP) is 4.64. The molecule has 0 saturated carbocycles. The van der Waals surface area contributed by atoms with E-state index in [4.69, 9.17) is 4.42 Å². The van der Waals surface area contributed by atoms with Gasteiger partial charge in [0, 0.05) is 22.4 Å². The van der Waals surface area contributed by atoms with Gasteiger partial charge in [0.1, 0.15) is 11.5 Å². The molecule has 1 aliphatic heterocycles. The zero-order valence-corrected chi connectivity index (χ0v) is 13.6. The highest BCUT2D eigenvalue weighted by molar-refractivity contribution is 6.34. The Morgan fingerprint density at radius 2 is 1.76 bits per heavy atom. The minimum atomic E-state index is -0.134. The average Bonchev–Trinajstić information content (AvgIpc) is 3.20. The lowest BCUT2D eigenvalue weighted by molar-refractivity contribution is -0.110. The molecule has 0 spiro atoms. The van der Waals surface area contributed by atoms with Crippen LogP contribution in [0.1, 0.15) is 28.6 Å². The summed E-state index contributed by atoms with van der Waals surface area (Å²) in [4.78, 5) is 23.5. The van der Waals surface area contributed by atoms with Crippen molar-refractivity contribution in [3.05, 3.63) is 77.6 Å². The number of carbonyl (C=O) groups is 2. The van der Waals surface area contributed by atoms with E-state index < -0.39 is 0 Å². The Kier molecular flexibility index (Phi) is 3.58. The Hall–Kier alpha value is -3.40. The van der Waals surface area contributed by atoms with Gasteiger partial charge in [-0.15, -0.1) is 0 Å². The van der Waals surface area contributed by atoms with Crippen molar-refractivity contribution >= 4 is 29.0 Å². The third kappa shape index (κ3) is 2.78. The summed E-state index contributed by atoms with van der Waals surface area (Å²) in [6.45, 7) is 1.54. The highest BCUT2D eigenvalue weighted by Crippen LogP contribution is 2.33. The summed E-state index contributed by atoms with van der Waals surface area (Å²) in [6, 6.07) is 18.5. The third-order valence-corrected chi connectivity index (χ3v) is 4.20. The van der Waals surface area contributed by atoms with Crippen LogP contribution in [0.15, 0.2) is 65.1 Å². The molecule has 0 unspecified atom stereocenters. The van der Waals surface area contributed by atoms with Gasteiger partial charge in [-0.1, -0.05) is 42.5 Å². The van der Waals surface area contributed by atoms with Gasteiger partial charge in [-0.2, -0.15) is 0 Å². The summed E-state index contributed by atoms with van der Waals surface area (Å²) in [6.07, 6.45) is 1.74. The van der Waals surface area contributed by atoms with Crippen molar-refractivity contribution in [2.24, 2.45) is 0 Å². The SMILES string of the molecule is CC(=O)c1ccc(-c2ccc(/C=C3/C(=O)Nc4ccccc43)o2)cc1. The molecule has 3 aromatic rings. The Morgan fingerprint density at radius 3 is 2.52 bits per heavy atom. The van der Waals surface area contributed by atoms with E-state index in [2.05, 4.69) is 5.32 Å². The fraction of sp³-hybridized carbons (Fsp3) is 0.0476. The molecule has 0 bridgehead atoms. The van der Waals surface area contributed by atoms with E-state index in [-0.39, 0.29) is 11.7 Å². The molecule has 0 saturated heterocycles. The maximum absolute atomic E-state index is 12.2. The standard InChI is InChI=1S/C21H15NO3/c1-13(23)14-6-8-15(9-7-14)20-11-10-16(25-20)12-18-17-4-2-3-5-19(17)22-21(18)24/h2-12H,1H3,(H,22,24)/b18-12+. The van der Waals surface area contributed by atoms with Crippen molar-refractivity contribution < 1.29 is 14.0 Å². The number of Topliss-reactive ketones (excluding diaryl/α,β-unsaturated/α-hetero) is 1. The fourth-order valence-electron chi connectivity index (χ4n) is 2.88. The van der Waals surface area contributed by atoms with Gasteiger partial charge in [0.25, 0.3) is 5.91 Å². The second-order valence-electron chi connectivity index (χ2n) is 5.89. The van der Waals surface area contributed by atoms with Crippen LogP contribution in [0.3, 0.4) is 0 Å². The van der Waals surface area contributed by atoms with E-state index in [1.165, 1.54) is 6.92 Å². The number of furan rings is 1. The lowest BCUT2D eigenvalue weighted by Crippen LogP contribution is -2.03. The van der Waals surface area contributed by atoms with E-state index in [0.717, 1.165) is 16.8 Å². The number of nitrogens with one attached hydrogen (secondary N) is 1. The first-order valence-electron chi connectivity index (χ1n) is 7.95. The molecular formula is C21H15NO3. The summed E-state index contributed by atoms with van der Waals surface area (Å²) in [5, 5.41) is 2.84. The zero-order valence-electron chi connectivity index (χ0n) is 13.6. The number of para-hydroxylation sites is 1. The average molecular weight is 329 g/mol. The summed E-state index contributed by atoms with van der Waals surface area (Å²) < 4.78 is 5.85. The highest BCUT2D eigenvalue weighted by Gasteiger charge is 2.23. The quantitative estimate of drug-likeness (QED) is 0.562. The van der Waals surface area contributed by atoms with Crippen LogP contribution in [-0.4, -0.2) is 11.7 Å². The molecule has 0 fully saturated rings. The van der Waals surface area contributed by atoms with Crippen LogP contribution < -0.4 is 5.32 Å². The molecule has 122 valence electrons. The summed E-state index contributed by atoms with van der Waals surface area (Å²) in [5.74, 6) is 1.19. The van der Waals surface area contributed by atoms with Crippen LogP contribution in [0.4, 0.5) is 5.69 Å². The molecule has 0 radical (unpaired) electrons. The van der Waals surface area contributed by atoms with E-state index >= 15 is 0 Å². The maximum Gasteiger partial charge on any atom is 0.256 e. The highest BCUT2D eigenvalue weighted by atomic mass is 16.3. The number of ketones is 1. The molecule has 0 aliphatic carbocycles. The predicted molar refractivity (Wildman–Crippen MR) is 97.1 cm³/mol. The minimum absolute atomic E-state index is 0.0299. The summed E-state index contributed by atoms with van der Waals surface area (Å²) >= 11 is 0. The number of anilines is 1. The van der Waals surface area contributed by atoms with E-state index in [1.54, 1.807) is 18.2 Å². The Morgan fingerprint density at radius 1 is 1.00 bits per heavy atom. The smallest absolute Gasteiger partial charge is 0.256 e. The number of hydrogen-bond donors (Lipinski definition) is 1. The van der Waals surface area contributed by atoms with Gasteiger partial charge in [-0.25, -0.2) is 0 Å². The first-order valence-corrected chi connectivity index (χ1v) is 7.95. The van der Waals surface area contributed by atoms with Crippen molar-refractivity contribution in [1.29, 1.82) is 0 Å². The van der Waals surface area contributed by atoms with Gasteiger partial charge < -0.3 is 9.73 Å². The first-order chi connectivity index (χ1) is 12.1. The largest absolute Gasteiger partial charge is 0.457 e. The van der Waals surface area contributed by atoms with Crippen LogP contribution in [0.2, 0.25) is 0 Å². The van der Waals surface area contributed by atoms with Crippen molar-refractivity contribution in [2.45, 2.75) is 6.92 Å². The second-order valence-corrected chi connectivity index (χ2v) is 5.89. The zero-order chi connectivity index (χ0) is 17.4. The molecule has 1 aliphatic rings. The molecule has 1 amide bonds. The van der Waals surface area contributed by atoms with Crippen LogP contribution >= 0.6 is 0 Å². The van der Waals surface area contributed by atoms with Gasteiger partial charge in [0.05, 0.1) is 5.57 Å². The topological polar surface area (TPSA) is 59.3 Å². The molecule has 2 heterocycles. The van der Waals surface area contributed by atoms with Crippen molar-refractivity contribution in [2.75, 3.05) is 5.32 Å². The molecule has 4 heteroatoms. The molecule has 4 nitrogen and oxygen atoms in total. The molecule has 25 heavy (non-hydrogen) atoms. The number of hydrogen-bond acceptors (Lipinski definition) is 3. The first kappa shape index (κ1) is 15.1. The second kappa shape index (κ2) is 5.91. The number of rotatable bonds is 3. The summed E-state index contributed by atoms with van der Waals surface area (Å²) in [5.41, 5.74) is 3.81. The third-order valence-electron chi connectivity index (χ3n) is 4.20. The molecule has 4 rings (SSSR count). The molecule has 1 N–H and O–H groups in total. The summed E-state index contributed by atoms with van der Waals surface area (Å²) in [7, 11) is 0. The minimum Gasteiger partial charge on any atom is -0.457 e. The number of carbonyl (C=O) groups excluding carboxylic acids is 2. The van der Waals surface area contributed by atoms with Crippen molar-refractivity contribution in [3.63, 3.8) is 0 Å². The lowest BCUT2D eigenvalue weighted by atomic mass is 10.1. The van der Waals surface area contributed by atoms with Gasteiger partial charge in [-0.3, -0.25) is 9.59 Å². The van der Waals surface area contributed by atoms with E-state index in [1.807, 2.05) is 48.5 Å². The van der Waals surface area contributed by atoms with Gasteiger partial charge >= 0.3 is 0 Å². The van der Waals surface area contributed by atoms with Crippen molar-refractivity contribution in [3.8, 4) is 11.3 Å². The van der Waals surface area contributed by atoms with Crippen LogP contribution in [-0.2, 0) is 4.79 Å². The van der Waals surface area contributed by atoms with Gasteiger partial charge in [0.2, 0.25) is 0 Å². The van der Waals surface area contributed by atoms with Gasteiger partial charge in [0.15, 0.2) is 5.78 Å². The normalized spacial score (nSPS) is 14.4. The maximum atomic E-state index is 12.2. The lowest BCUT2D eigenvalue weighted by Gasteiger charge is -1.99. The monoisotopic (exact) mass is 329 g/mol. The molecule has 1 aromatic heterocycles. The molecular weight excluding hydrogens is 314 g/mol. The number of fused-ring (bicyclic) bond motifs is 1. The van der Waals surface area contributed by atoms with Crippen LogP contribution in [0.5, 0.6) is 0 Å². The molecule has 2 aromatic carbocycles. The van der Waals surface area contributed by atoms with E-state index in [0.29, 0.717) is 22.7 Å². The number of benzene rings is 2. The van der Waals surface area contributed by atoms with Crippen molar-refractivity contribution in [1.82, 2.24) is 0 Å². The Labute approximate surface area is 144 Å². The van der Waals surface area contributed by atoms with Crippen LogP contribution in [0.25, 0.3) is 23.0 Å². The Bertz CT molecular complexity index is 1010. The fourth-order valence-corrected chi connectivity index (χ4v) is 2.88. The van der Waals surface area contributed by atoms with E-state index in [9.17, 15) is 9.59 Å². The number of amides is 1.